The first-order valence-corrected chi connectivity index (χ1v) is 8.97. The Morgan fingerprint density at radius 1 is 1.28 bits per heavy atom. The van der Waals surface area contributed by atoms with Crippen molar-refractivity contribution in [3.63, 3.8) is 0 Å². The average Bonchev–Trinajstić information content (AvgIpc) is 3.25. The zero-order valence-corrected chi connectivity index (χ0v) is 15.4. The van der Waals surface area contributed by atoms with Gasteiger partial charge in [0.2, 0.25) is 0 Å². The summed E-state index contributed by atoms with van der Waals surface area (Å²) in [5.74, 6) is 1.69. The number of aromatic nitrogens is 3. The van der Waals surface area contributed by atoms with Gasteiger partial charge in [0.25, 0.3) is 0 Å². The number of aryl methyl sites for hydroxylation is 2. The van der Waals surface area contributed by atoms with E-state index in [4.69, 9.17) is 0 Å². The quantitative estimate of drug-likeness (QED) is 0.647. The maximum atomic E-state index is 4.36. The summed E-state index contributed by atoms with van der Waals surface area (Å²) in [5, 5.41) is 11.0. The third kappa shape index (κ3) is 4.00. The molecule has 6 nitrogen and oxygen atoms in total. The summed E-state index contributed by atoms with van der Waals surface area (Å²) in [6.45, 7) is 3.67. The number of nitrogens with one attached hydrogen (secondary N) is 2. The van der Waals surface area contributed by atoms with Crippen LogP contribution >= 0.6 is 0 Å². The molecule has 0 bridgehead atoms. The van der Waals surface area contributed by atoms with Gasteiger partial charge in [0.1, 0.15) is 12.2 Å². The molecule has 1 heterocycles. The summed E-state index contributed by atoms with van der Waals surface area (Å²) >= 11 is 0. The van der Waals surface area contributed by atoms with Crippen molar-refractivity contribution in [1.29, 1.82) is 0 Å². The van der Waals surface area contributed by atoms with Crippen molar-refractivity contribution in [2.45, 2.75) is 44.6 Å². The zero-order chi connectivity index (χ0) is 17.7. The van der Waals surface area contributed by atoms with E-state index in [1.807, 2.05) is 7.05 Å². The van der Waals surface area contributed by atoms with Crippen LogP contribution in [0.5, 0.6) is 0 Å². The maximum absolute atomic E-state index is 4.36. The lowest BCUT2D eigenvalue weighted by molar-refractivity contribution is 0.431. The van der Waals surface area contributed by atoms with E-state index in [1.165, 1.54) is 36.8 Å². The molecule has 0 radical (unpaired) electrons. The lowest BCUT2D eigenvalue weighted by atomic mass is 9.78. The van der Waals surface area contributed by atoms with Gasteiger partial charge >= 0.3 is 0 Å². The second kappa shape index (κ2) is 7.68. The molecule has 1 saturated carbocycles. The Labute approximate surface area is 149 Å². The van der Waals surface area contributed by atoms with Crippen molar-refractivity contribution < 1.29 is 0 Å². The topological polar surface area (TPSA) is 67.1 Å². The third-order valence-corrected chi connectivity index (χ3v) is 5.23. The molecule has 0 saturated heterocycles. The van der Waals surface area contributed by atoms with Gasteiger partial charge in [0, 0.05) is 26.1 Å². The third-order valence-electron chi connectivity index (χ3n) is 5.23. The van der Waals surface area contributed by atoms with Gasteiger partial charge in [-0.3, -0.25) is 9.67 Å². The van der Waals surface area contributed by atoms with Gasteiger partial charge in [-0.2, -0.15) is 5.10 Å². The second-order valence-corrected chi connectivity index (χ2v) is 6.94. The van der Waals surface area contributed by atoms with Crippen molar-refractivity contribution >= 4 is 5.96 Å². The van der Waals surface area contributed by atoms with Crippen molar-refractivity contribution in [3.8, 4) is 0 Å². The van der Waals surface area contributed by atoms with Gasteiger partial charge in [-0.15, -0.1) is 0 Å². The van der Waals surface area contributed by atoms with E-state index in [2.05, 4.69) is 56.9 Å². The number of guanidine groups is 1. The lowest BCUT2D eigenvalue weighted by Gasteiger charge is -2.31. The molecule has 0 spiro atoms. The normalized spacial score (nSPS) is 16.8. The van der Waals surface area contributed by atoms with Crippen molar-refractivity contribution in [1.82, 2.24) is 25.4 Å². The minimum atomic E-state index is 0.203. The molecule has 0 atom stereocenters. The highest BCUT2D eigenvalue weighted by atomic mass is 15.3. The highest BCUT2D eigenvalue weighted by Gasteiger charge is 2.35. The molecule has 134 valence electrons. The largest absolute Gasteiger partial charge is 0.356 e. The van der Waals surface area contributed by atoms with Gasteiger partial charge in [-0.25, -0.2) is 4.98 Å². The summed E-state index contributed by atoms with van der Waals surface area (Å²) in [7, 11) is 3.70. The van der Waals surface area contributed by atoms with Gasteiger partial charge in [-0.05, 0) is 25.3 Å². The van der Waals surface area contributed by atoms with Gasteiger partial charge < -0.3 is 10.6 Å². The van der Waals surface area contributed by atoms with E-state index in [1.54, 1.807) is 18.1 Å². The fraction of sp³-hybridized carbons (Fsp3) is 0.526. The van der Waals surface area contributed by atoms with Gasteiger partial charge in [0.15, 0.2) is 5.96 Å². The second-order valence-electron chi connectivity index (χ2n) is 6.94. The molecule has 2 aromatic rings. The fourth-order valence-corrected chi connectivity index (χ4v) is 3.71. The van der Waals surface area contributed by atoms with Crippen LogP contribution in [0.2, 0.25) is 0 Å². The molecule has 1 aromatic carbocycles. The number of hydrogen-bond donors (Lipinski definition) is 2. The van der Waals surface area contributed by atoms with Crippen LogP contribution in [-0.2, 0) is 19.0 Å². The summed E-state index contributed by atoms with van der Waals surface area (Å²) in [5.41, 5.74) is 2.98. The van der Waals surface area contributed by atoms with E-state index >= 15 is 0 Å². The van der Waals surface area contributed by atoms with Crippen LogP contribution in [0.25, 0.3) is 0 Å². The molecule has 1 aliphatic rings. The van der Waals surface area contributed by atoms with Gasteiger partial charge in [-0.1, -0.05) is 42.7 Å². The number of rotatable bonds is 5. The Morgan fingerprint density at radius 2 is 2.08 bits per heavy atom. The SMILES string of the molecule is CN=C(NCc1ncnn1C)NCC1(c2cccc(C)c2)CCCC1. The van der Waals surface area contributed by atoms with Crippen molar-refractivity contribution in [3.05, 3.63) is 47.5 Å². The van der Waals surface area contributed by atoms with Crippen LogP contribution in [0.3, 0.4) is 0 Å². The number of aliphatic imine (C=N–C) groups is 1. The molecule has 2 N–H and O–H groups in total. The molecule has 6 heteroatoms. The minimum Gasteiger partial charge on any atom is -0.356 e. The minimum absolute atomic E-state index is 0.203. The molecule has 0 amide bonds. The maximum Gasteiger partial charge on any atom is 0.191 e. The summed E-state index contributed by atoms with van der Waals surface area (Å²) in [6, 6.07) is 8.95. The Bertz CT molecular complexity index is 727. The van der Waals surface area contributed by atoms with Crippen LogP contribution in [0, 0.1) is 6.92 Å². The van der Waals surface area contributed by atoms with E-state index < -0.39 is 0 Å². The first-order valence-electron chi connectivity index (χ1n) is 8.97. The summed E-state index contributed by atoms with van der Waals surface area (Å²) in [6.07, 6.45) is 6.60. The monoisotopic (exact) mass is 340 g/mol. The Balaban J connectivity index is 1.65. The van der Waals surface area contributed by atoms with Crippen LogP contribution in [0.4, 0.5) is 0 Å². The molecule has 3 rings (SSSR count). The summed E-state index contributed by atoms with van der Waals surface area (Å²) in [4.78, 5) is 8.59. The molecular formula is C19H28N6. The van der Waals surface area contributed by atoms with Crippen molar-refractivity contribution in [2.75, 3.05) is 13.6 Å². The Kier molecular flexibility index (Phi) is 5.36. The number of hydrogen-bond acceptors (Lipinski definition) is 3. The predicted octanol–water partition coefficient (Wildman–Crippen LogP) is 2.30. The average molecular weight is 340 g/mol. The highest BCUT2D eigenvalue weighted by Crippen LogP contribution is 2.40. The molecular weight excluding hydrogens is 312 g/mol. The predicted molar refractivity (Wildman–Crippen MR) is 101 cm³/mol. The molecule has 0 unspecified atom stereocenters. The first-order chi connectivity index (χ1) is 12.1. The molecule has 1 fully saturated rings. The molecule has 25 heavy (non-hydrogen) atoms. The van der Waals surface area contributed by atoms with Crippen LogP contribution in [0.15, 0.2) is 35.6 Å². The summed E-state index contributed by atoms with van der Waals surface area (Å²) < 4.78 is 1.77. The van der Waals surface area contributed by atoms with E-state index in [0.717, 1.165) is 18.3 Å². The first kappa shape index (κ1) is 17.5. The van der Waals surface area contributed by atoms with Crippen LogP contribution in [0.1, 0.15) is 42.6 Å². The molecule has 1 aromatic heterocycles. The number of nitrogens with zero attached hydrogens (tertiary/aromatic N) is 4. The smallest absolute Gasteiger partial charge is 0.191 e. The standard InChI is InChI=1S/C19H28N6/c1-15-7-6-8-16(11-15)19(9-4-5-10-19)13-22-18(20-2)21-12-17-23-14-24-25(17)3/h6-8,11,14H,4-5,9-10,12-13H2,1-3H3,(H2,20,21,22). The highest BCUT2D eigenvalue weighted by molar-refractivity contribution is 5.79. The molecule has 0 aliphatic heterocycles. The van der Waals surface area contributed by atoms with Gasteiger partial charge in [0.05, 0.1) is 6.54 Å². The lowest BCUT2D eigenvalue weighted by Crippen LogP contribution is -2.44. The van der Waals surface area contributed by atoms with Crippen LogP contribution < -0.4 is 10.6 Å². The molecule has 1 aliphatic carbocycles. The Morgan fingerprint density at radius 3 is 2.72 bits per heavy atom. The Hall–Kier alpha value is -2.37. The van der Waals surface area contributed by atoms with E-state index in [9.17, 15) is 0 Å². The van der Waals surface area contributed by atoms with Crippen molar-refractivity contribution in [2.24, 2.45) is 12.0 Å². The van der Waals surface area contributed by atoms with Crippen LogP contribution in [-0.4, -0.2) is 34.3 Å². The van der Waals surface area contributed by atoms with E-state index in [0.29, 0.717) is 6.54 Å². The number of benzene rings is 1. The zero-order valence-electron chi connectivity index (χ0n) is 15.4. The van der Waals surface area contributed by atoms with E-state index in [-0.39, 0.29) is 5.41 Å². The fourth-order valence-electron chi connectivity index (χ4n) is 3.71.